The summed E-state index contributed by atoms with van der Waals surface area (Å²) in [5, 5.41) is 3.78. The lowest BCUT2D eigenvalue weighted by atomic mass is 10.2. The summed E-state index contributed by atoms with van der Waals surface area (Å²) >= 11 is 0. The number of hydrogen-bond acceptors (Lipinski definition) is 3. The number of anilines is 2. The third-order valence-corrected chi connectivity index (χ3v) is 3.16. The summed E-state index contributed by atoms with van der Waals surface area (Å²) in [6.07, 6.45) is 3.36. The Hall–Kier alpha value is -2.82. The number of aromatic nitrogens is 2. The summed E-state index contributed by atoms with van der Waals surface area (Å²) in [4.78, 5) is 19.3. The van der Waals surface area contributed by atoms with Crippen LogP contribution < -0.4 is 11.1 Å². The lowest BCUT2D eigenvalue weighted by Gasteiger charge is -2.05. The maximum atomic E-state index is 12.2. The van der Waals surface area contributed by atoms with Gasteiger partial charge < -0.3 is 16.0 Å². The molecular formula is C15H14N4O. The maximum Gasteiger partial charge on any atom is 0.272 e. The highest BCUT2D eigenvalue weighted by Crippen LogP contribution is 2.19. The van der Waals surface area contributed by atoms with Crippen LogP contribution in [0, 0.1) is 6.92 Å². The number of amides is 1. The average Bonchev–Trinajstić information content (AvgIpc) is 2.84. The first kappa shape index (κ1) is 12.2. The summed E-state index contributed by atoms with van der Waals surface area (Å²) in [6, 6.07) is 9.05. The number of H-pyrrole nitrogens is 1. The second kappa shape index (κ2) is 4.70. The number of rotatable bonds is 2. The molecule has 2 heterocycles. The van der Waals surface area contributed by atoms with Crippen molar-refractivity contribution in [3.63, 3.8) is 0 Å². The van der Waals surface area contributed by atoms with Crippen molar-refractivity contribution in [2.45, 2.75) is 6.92 Å². The Morgan fingerprint density at radius 2 is 2.15 bits per heavy atom. The molecule has 0 atom stereocenters. The van der Waals surface area contributed by atoms with Gasteiger partial charge in [0.2, 0.25) is 0 Å². The Labute approximate surface area is 115 Å². The van der Waals surface area contributed by atoms with Crippen LogP contribution in [0.4, 0.5) is 11.4 Å². The van der Waals surface area contributed by atoms with Gasteiger partial charge in [-0.05, 0) is 42.8 Å². The normalized spacial score (nSPS) is 10.7. The molecule has 0 aliphatic heterocycles. The summed E-state index contributed by atoms with van der Waals surface area (Å²) in [5.74, 6) is -0.186. The van der Waals surface area contributed by atoms with Crippen LogP contribution in [0.5, 0.6) is 0 Å². The van der Waals surface area contributed by atoms with Gasteiger partial charge in [-0.25, -0.2) is 0 Å². The highest BCUT2D eigenvalue weighted by molar-refractivity contribution is 6.06. The molecule has 5 heteroatoms. The molecule has 0 bridgehead atoms. The number of aryl methyl sites for hydroxylation is 1. The van der Waals surface area contributed by atoms with Crippen molar-refractivity contribution >= 4 is 28.2 Å². The molecule has 1 amide bonds. The third kappa shape index (κ3) is 2.21. The van der Waals surface area contributed by atoms with Gasteiger partial charge in [-0.3, -0.25) is 9.78 Å². The van der Waals surface area contributed by atoms with E-state index in [9.17, 15) is 4.79 Å². The van der Waals surface area contributed by atoms with E-state index in [1.807, 2.05) is 19.1 Å². The Morgan fingerprint density at radius 3 is 2.95 bits per heavy atom. The molecule has 1 aromatic carbocycles. The zero-order valence-corrected chi connectivity index (χ0v) is 11.0. The van der Waals surface area contributed by atoms with Crippen LogP contribution in [0.3, 0.4) is 0 Å². The molecule has 3 rings (SSSR count). The van der Waals surface area contributed by atoms with E-state index in [0.29, 0.717) is 11.4 Å². The van der Waals surface area contributed by atoms with Crippen molar-refractivity contribution in [1.82, 2.24) is 9.97 Å². The van der Waals surface area contributed by atoms with E-state index in [1.165, 1.54) is 0 Å². The van der Waals surface area contributed by atoms with Crippen LogP contribution >= 0.6 is 0 Å². The number of carbonyl (C=O) groups excluding carboxylic acids is 1. The van der Waals surface area contributed by atoms with Gasteiger partial charge in [0.15, 0.2) is 0 Å². The molecule has 3 aromatic rings. The minimum atomic E-state index is -0.186. The lowest BCUT2D eigenvalue weighted by Crippen LogP contribution is -2.13. The van der Waals surface area contributed by atoms with Crippen LogP contribution in [-0.2, 0) is 0 Å². The molecular weight excluding hydrogens is 252 g/mol. The molecule has 2 aromatic heterocycles. The maximum absolute atomic E-state index is 12.2. The molecule has 0 saturated heterocycles. The standard InChI is InChI=1S/C15H14N4O/c1-9-8-17-5-4-12(9)19-15(20)14-7-10-6-11(16)2-3-13(10)18-14/h2-8,18H,16H2,1H3,(H,17,19,20). The van der Waals surface area contributed by atoms with Crippen LogP contribution in [-0.4, -0.2) is 15.9 Å². The van der Waals surface area contributed by atoms with Gasteiger partial charge in [-0.2, -0.15) is 0 Å². The Morgan fingerprint density at radius 1 is 1.30 bits per heavy atom. The monoisotopic (exact) mass is 266 g/mol. The zero-order chi connectivity index (χ0) is 14.1. The number of nitrogens with zero attached hydrogens (tertiary/aromatic N) is 1. The number of aromatic amines is 1. The fourth-order valence-corrected chi connectivity index (χ4v) is 2.08. The zero-order valence-electron chi connectivity index (χ0n) is 11.0. The number of hydrogen-bond donors (Lipinski definition) is 3. The second-order valence-corrected chi connectivity index (χ2v) is 4.67. The van der Waals surface area contributed by atoms with Gasteiger partial charge in [0, 0.05) is 34.7 Å². The number of carbonyl (C=O) groups is 1. The highest BCUT2D eigenvalue weighted by Gasteiger charge is 2.10. The van der Waals surface area contributed by atoms with E-state index in [2.05, 4.69) is 15.3 Å². The van der Waals surface area contributed by atoms with E-state index < -0.39 is 0 Å². The van der Waals surface area contributed by atoms with Crippen LogP contribution in [0.1, 0.15) is 16.1 Å². The summed E-state index contributed by atoms with van der Waals surface area (Å²) in [6.45, 7) is 1.90. The first-order chi connectivity index (χ1) is 9.63. The SMILES string of the molecule is Cc1cnccc1NC(=O)c1cc2cc(N)ccc2[nH]1. The quantitative estimate of drug-likeness (QED) is 0.623. The van der Waals surface area contributed by atoms with Crippen molar-refractivity contribution in [2.24, 2.45) is 0 Å². The van der Waals surface area contributed by atoms with Gasteiger partial charge in [-0.15, -0.1) is 0 Å². The molecule has 5 nitrogen and oxygen atoms in total. The van der Waals surface area contributed by atoms with Gasteiger partial charge in [-0.1, -0.05) is 0 Å². The number of nitrogens with one attached hydrogen (secondary N) is 2. The molecule has 0 aliphatic rings. The summed E-state index contributed by atoms with van der Waals surface area (Å²) in [5.41, 5.74) is 9.46. The molecule has 20 heavy (non-hydrogen) atoms. The van der Waals surface area contributed by atoms with Crippen molar-refractivity contribution in [2.75, 3.05) is 11.1 Å². The molecule has 0 fully saturated rings. The predicted octanol–water partition coefficient (Wildman–Crippen LogP) is 2.71. The van der Waals surface area contributed by atoms with Crippen molar-refractivity contribution in [1.29, 1.82) is 0 Å². The van der Waals surface area contributed by atoms with Gasteiger partial charge in [0.1, 0.15) is 5.69 Å². The molecule has 0 radical (unpaired) electrons. The van der Waals surface area contributed by atoms with Gasteiger partial charge >= 0.3 is 0 Å². The number of benzene rings is 1. The Kier molecular flexibility index (Phi) is 2.87. The molecule has 0 spiro atoms. The third-order valence-electron chi connectivity index (χ3n) is 3.16. The van der Waals surface area contributed by atoms with Crippen LogP contribution in [0.2, 0.25) is 0 Å². The fraction of sp³-hybridized carbons (Fsp3) is 0.0667. The van der Waals surface area contributed by atoms with Crippen molar-refractivity contribution in [3.05, 3.63) is 54.0 Å². The first-order valence-corrected chi connectivity index (χ1v) is 6.24. The van der Waals surface area contributed by atoms with E-state index in [1.54, 1.807) is 30.6 Å². The summed E-state index contributed by atoms with van der Waals surface area (Å²) < 4.78 is 0. The molecule has 0 aliphatic carbocycles. The smallest absolute Gasteiger partial charge is 0.272 e. The average molecular weight is 266 g/mol. The number of nitrogens with two attached hydrogens (primary N) is 1. The second-order valence-electron chi connectivity index (χ2n) is 4.67. The summed E-state index contributed by atoms with van der Waals surface area (Å²) in [7, 11) is 0. The minimum Gasteiger partial charge on any atom is -0.399 e. The molecule has 0 saturated carbocycles. The Balaban J connectivity index is 1.91. The van der Waals surface area contributed by atoms with Crippen molar-refractivity contribution < 1.29 is 4.79 Å². The largest absolute Gasteiger partial charge is 0.399 e. The molecule has 100 valence electrons. The number of fused-ring (bicyclic) bond motifs is 1. The molecule has 4 N–H and O–H groups in total. The highest BCUT2D eigenvalue weighted by atomic mass is 16.1. The van der Waals surface area contributed by atoms with E-state index in [4.69, 9.17) is 5.73 Å². The van der Waals surface area contributed by atoms with Crippen LogP contribution in [0.25, 0.3) is 10.9 Å². The minimum absolute atomic E-state index is 0.186. The van der Waals surface area contributed by atoms with E-state index >= 15 is 0 Å². The fourth-order valence-electron chi connectivity index (χ4n) is 2.08. The van der Waals surface area contributed by atoms with Crippen molar-refractivity contribution in [3.8, 4) is 0 Å². The predicted molar refractivity (Wildman–Crippen MR) is 79.6 cm³/mol. The number of nitrogen functional groups attached to an aromatic ring is 1. The van der Waals surface area contributed by atoms with Gasteiger partial charge in [0.05, 0.1) is 0 Å². The molecule has 0 unspecified atom stereocenters. The van der Waals surface area contributed by atoms with E-state index in [-0.39, 0.29) is 5.91 Å². The first-order valence-electron chi connectivity index (χ1n) is 6.24. The van der Waals surface area contributed by atoms with E-state index in [0.717, 1.165) is 22.2 Å². The number of pyridine rings is 1. The topological polar surface area (TPSA) is 83.8 Å². The Bertz CT molecular complexity index is 791. The van der Waals surface area contributed by atoms with Crippen LogP contribution in [0.15, 0.2) is 42.7 Å². The lowest BCUT2D eigenvalue weighted by molar-refractivity contribution is 0.102. The van der Waals surface area contributed by atoms with Gasteiger partial charge in [0.25, 0.3) is 5.91 Å².